The van der Waals surface area contributed by atoms with Crippen molar-refractivity contribution in [1.82, 2.24) is 4.90 Å². The molecular weight excluding hydrogens is 252 g/mol. The first-order chi connectivity index (χ1) is 9.35. The molecule has 1 aromatic rings. The lowest BCUT2D eigenvalue weighted by molar-refractivity contribution is 0.0712. The van der Waals surface area contributed by atoms with Crippen LogP contribution in [0.3, 0.4) is 0 Å². The van der Waals surface area contributed by atoms with Gasteiger partial charge in [-0.3, -0.25) is 4.79 Å². The van der Waals surface area contributed by atoms with E-state index >= 15 is 0 Å². The number of methoxy groups -OCH3 is 1. The molecule has 1 amide bonds. The van der Waals surface area contributed by atoms with Crippen molar-refractivity contribution in [3.63, 3.8) is 0 Å². The first-order valence-corrected chi connectivity index (χ1v) is 7.08. The number of rotatable bonds is 6. The van der Waals surface area contributed by atoms with E-state index in [0.29, 0.717) is 28.8 Å². The first kappa shape index (κ1) is 16.3. The van der Waals surface area contributed by atoms with Gasteiger partial charge < -0.3 is 15.4 Å². The molecule has 0 heterocycles. The number of carbonyl (C=O) groups is 1. The number of nitrogens with two attached hydrogens (primary N) is 1. The molecule has 2 N–H and O–H groups in total. The summed E-state index contributed by atoms with van der Waals surface area (Å²) in [5.74, 6) is 1.40. The van der Waals surface area contributed by atoms with E-state index in [0.717, 1.165) is 13.1 Å². The van der Waals surface area contributed by atoms with Gasteiger partial charge in [-0.1, -0.05) is 27.7 Å². The number of nitrogens with zero attached hydrogens (tertiary/aromatic N) is 1. The molecule has 0 fully saturated rings. The summed E-state index contributed by atoms with van der Waals surface area (Å²) in [7, 11) is 1.57. The maximum atomic E-state index is 12.7. The first-order valence-electron chi connectivity index (χ1n) is 7.08. The average molecular weight is 278 g/mol. The summed E-state index contributed by atoms with van der Waals surface area (Å²) in [5.41, 5.74) is 6.90. The summed E-state index contributed by atoms with van der Waals surface area (Å²) in [6.45, 7) is 9.90. The Hall–Kier alpha value is -1.71. The predicted octanol–water partition coefficient (Wildman–Crippen LogP) is 3.03. The molecule has 0 aliphatic heterocycles. The molecule has 0 saturated heterocycles. The molecule has 0 spiro atoms. The standard InChI is InChI=1S/C16H26N2O2/c1-11(2)9-18(10-12(3)4)16(19)14-8-13(17)6-7-15(14)20-5/h6-8,11-12H,9-10,17H2,1-5H3. The molecule has 20 heavy (non-hydrogen) atoms. The van der Waals surface area contributed by atoms with Gasteiger partial charge in [-0.25, -0.2) is 0 Å². The highest BCUT2D eigenvalue weighted by Gasteiger charge is 2.21. The van der Waals surface area contributed by atoms with Crippen LogP contribution in [0.15, 0.2) is 18.2 Å². The lowest BCUT2D eigenvalue weighted by Crippen LogP contribution is -2.37. The Kier molecular flexibility index (Phi) is 5.86. The third-order valence-electron chi connectivity index (χ3n) is 2.91. The van der Waals surface area contributed by atoms with E-state index in [9.17, 15) is 4.79 Å². The Morgan fingerprint density at radius 3 is 2.20 bits per heavy atom. The fourth-order valence-corrected chi connectivity index (χ4v) is 2.18. The second-order valence-electron chi connectivity index (χ2n) is 5.96. The summed E-state index contributed by atoms with van der Waals surface area (Å²) in [6, 6.07) is 5.17. The topological polar surface area (TPSA) is 55.6 Å². The fourth-order valence-electron chi connectivity index (χ4n) is 2.18. The number of hydrogen-bond acceptors (Lipinski definition) is 3. The van der Waals surface area contributed by atoms with Gasteiger partial charge in [0.05, 0.1) is 12.7 Å². The number of nitrogen functional groups attached to an aromatic ring is 1. The van der Waals surface area contributed by atoms with Crippen LogP contribution in [0.1, 0.15) is 38.1 Å². The lowest BCUT2D eigenvalue weighted by Gasteiger charge is -2.27. The zero-order chi connectivity index (χ0) is 15.3. The smallest absolute Gasteiger partial charge is 0.257 e. The molecule has 0 bridgehead atoms. The minimum atomic E-state index is -0.0171. The third-order valence-corrected chi connectivity index (χ3v) is 2.91. The molecule has 0 aromatic heterocycles. The van der Waals surface area contributed by atoms with E-state index < -0.39 is 0 Å². The van der Waals surface area contributed by atoms with Crippen molar-refractivity contribution >= 4 is 11.6 Å². The van der Waals surface area contributed by atoms with Crippen molar-refractivity contribution < 1.29 is 9.53 Å². The molecule has 0 aliphatic carbocycles. The highest BCUT2D eigenvalue weighted by molar-refractivity contribution is 5.97. The van der Waals surface area contributed by atoms with Crippen LogP contribution in [0.25, 0.3) is 0 Å². The Morgan fingerprint density at radius 2 is 1.75 bits per heavy atom. The fraction of sp³-hybridized carbons (Fsp3) is 0.562. The quantitative estimate of drug-likeness (QED) is 0.814. The molecule has 4 heteroatoms. The van der Waals surface area contributed by atoms with Crippen molar-refractivity contribution in [3.8, 4) is 5.75 Å². The molecule has 0 saturated carbocycles. The van der Waals surface area contributed by atoms with Crippen LogP contribution in [-0.2, 0) is 0 Å². The van der Waals surface area contributed by atoms with E-state index in [1.54, 1.807) is 25.3 Å². The molecule has 0 unspecified atom stereocenters. The number of hydrogen-bond donors (Lipinski definition) is 1. The Bertz CT molecular complexity index is 446. The minimum absolute atomic E-state index is 0.0171. The molecule has 1 rings (SSSR count). The average Bonchev–Trinajstić information content (AvgIpc) is 2.36. The summed E-state index contributed by atoms with van der Waals surface area (Å²) < 4.78 is 5.28. The van der Waals surface area contributed by atoms with Crippen LogP contribution in [0.2, 0.25) is 0 Å². The summed E-state index contributed by atoms with van der Waals surface area (Å²) in [5, 5.41) is 0. The summed E-state index contributed by atoms with van der Waals surface area (Å²) in [4.78, 5) is 14.6. The molecule has 4 nitrogen and oxygen atoms in total. The number of ether oxygens (including phenoxy) is 1. The van der Waals surface area contributed by atoms with Crippen molar-refractivity contribution in [2.24, 2.45) is 11.8 Å². The number of anilines is 1. The molecular formula is C16H26N2O2. The van der Waals surface area contributed by atoms with E-state index in [1.165, 1.54) is 0 Å². The minimum Gasteiger partial charge on any atom is -0.496 e. The molecule has 0 aliphatic rings. The summed E-state index contributed by atoms with van der Waals surface area (Å²) >= 11 is 0. The Balaban J connectivity index is 3.07. The van der Waals surface area contributed by atoms with Gasteiger partial charge in [-0.2, -0.15) is 0 Å². The zero-order valence-corrected chi connectivity index (χ0v) is 13.1. The Morgan fingerprint density at radius 1 is 1.20 bits per heavy atom. The van der Waals surface area contributed by atoms with Gasteiger partial charge in [0.1, 0.15) is 5.75 Å². The highest BCUT2D eigenvalue weighted by atomic mass is 16.5. The van der Waals surface area contributed by atoms with Crippen LogP contribution in [0.4, 0.5) is 5.69 Å². The van der Waals surface area contributed by atoms with Crippen LogP contribution in [-0.4, -0.2) is 31.0 Å². The molecule has 112 valence electrons. The molecule has 0 atom stereocenters. The monoisotopic (exact) mass is 278 g/mol. The van der Waals surface area contributed by atoms with Crippen LogP contribution in [0.5, 0.6) is 5.75 Å². The second kappa shape index (κ2) is 7.17. The largest absolute Gasteiger partial charge is 0.496 e. The van der Waals surface area contributed by atoms with Gasteiger partial charge in [0.25, 0.3) is 5.91 Å². The van der Waals surface area contributed by atoms with Crippen LogP contribution in [0, 0.1) is 11.8 Å². The second-order valence-corrected chi connectivity index (χ2v) is 5.96. The summed E-state index contributed by atoms with van der Waals surface area (Å²) in [6.07, 6.45) is 0. The zero-order valence-electron chi connectivity index (χ0n) is 13.1. The molecule has 1 aromatic carbocycles. The SMILES string of the molecule is COc1ccc(N)cc1C(=O)N(CC(C)C)CC(C)C. The van der Waals surface area contributed by atoms with E-state index in [2.05, 4.69) is 27.7 Å². The lowest BCUT2D eigenvalue weighted by atomic mass is 10.1. The van der Waals surface area contributed by atoms with Gasteiger partial charge in [0.15, 0.2) is 0 Å². The van der Waals surface area contributed by atoms with Gasteiger partial charge in [0.2, 0.25) is 0 Å². The Labute approximate surface area is 121 Å². The van der Waals surface area contributed by atoms with Crippen molar-refractivity contribution in [2.45, 2.75) is 27.7 Å². The van der Waals surface area contributed by atoms with Crippen molar-refractivity contribution in [2.75, 3.05) is 25.9 Å². The predicted molar refractivity (Wildman–Crippen MR) is 83.0 cm³/mol. The number of amides is 1. The maximum Gasteiger partial charge on any atom is 0.257 e. The maximum absolute atomic E-state index is 12.7. The van der Waals surface area contributed by atoms with Gasteiger partial charge in [-0.05, 0) is 30.0 Å². The van der Waals surface area contributed by atoms with Gasteiger partial charge >= 0.3 is 0 Å². The number of benzene rings is 1. The van der Waals surface area contributed by atoms with Crippen molar-refractivity contribution in [3.05, 3.63) is 23.8 Å². The van der Waals surface area contributed by atoms with Crippen LogP contribution >= 0.6 is 0 Å². The van der Waals surface area contributed by atoms with E-state index in [-0.39, 0.29) is 5.91 Å². The van der Waals surface area contributed by atoms with Gasteiger partial charge in [-0.15, -0.1) is 0 Å². The molecule has 0 radical (unpaired) electrons. The third kappa shape index (κ3) is 4.44. The van der Waals surface area contributed by atoms with E-state index in [4.69, 9.17) is 10.5 Å². The van der Waals surface area contributed by atoms with Gasteiger partial charge in [0, 0.05) is 18.8 Å². The van der Waals surface area contributed by atoms with Crippen molar-refractivity contribution in [1.29, 1.82) is 0 Å². The van der Waals surface area contributed by atoms with Crippen LogP contribution < -0.4 is 10.5 Å². The normalized spacial score (nSPS) is 10.9. The number of carbonyl (C=O) groups excluding carboxylic acids is 1. The highest BCUT2D eigenvalue weighted by Crippen LogP contribution is 2.23. The van der Waals surface area contributed by atoms with E-state index in [1.807, 2.05) is 4.90 Å².